The zero-order chi connectivity index (χ0) is 15.4. The fraction of sp³-hybridized carbons (Fsp3) is 0.333. The molecule has 22 heavy (non-hydrogen) atoms. The van der Waals surface area contributed by atoms with Crippen LogP contribution < -0.4 is 10.6 Å². The van der Waals surface area contributed by atoms with Crippen molar-refractivity contribution in [2.24, 2.45) is 7.05 Å². The fourth-order valence-corrected chi connectivity index (χ4v) is 2.19. The molecule has 114 valence electrons. The molecule has 3 aromatic rings. The zero-order valence-corrected chi connectivity index (χ0v) is 12.7. The van der Waals surface area contributed by atoms with Crippen LogP contribution in [0.3, 0.4) is 0 Å². The van der Waals surface area contributed by atoms with Gasteiger partial charge in [0.25, 0.3) is 0 Å². The number of pyridine rings is 1. The number of aromatic nitrogens is 5. The van der Waals surface area contributed by atoms with Crippen LogP contribution >= 0.6 is 0 Å². The molecule has 2 N–H and O–H groups in total. The summed E-state index contributed by atoms with van der Waals surface area (Å²) in [5.41, 5.74) is 2.00. The maximum Gasteiger partial charge on any atom is 0.163 e. The van der Waals surface area contributed by atoms with E-state index in [2.05, 4.69) is 30.7 Å². The second kappa shape index (κ2) is 6.38. The summed E-state index contributed by atoms with van der Waals surface area (Å²) < 4.78 is 1.74. The van der Waals surface area contributed by atoms with Crippen LogP contribution in [-0.2, 0) is 7.05 Å². The molecule has 0 aliphatic carbocycles. The molecule has 7 nitrogen and oxygen atoms in total. The van der Waals surface area contributed by atoms with E-state index in [1.165, 1.54) is 0 Å². The maximum atomic E-state index is 4.31. The lowest BCUT2D eigenvalue weighted by Gasteiger charge is -2.08. The SMILES string of the molecule is Cc1ccc(NCCCNc2ncnc3c2cnn3C)nc1. The lowest BCUT2D eigenvalue weighted by molar-refractivity contribution is 0.785. The summed E-state index contributed by atoms with van der Waals surface area (Å²) in [5, 5.41) is 11.8. The molecule has 0 bridgehead atoms. The summed E-state index contributed by atoms with van der Waals surface area (Å²) in [4.78, 5) is 12.8. The van der Waals surface area contributed by atoms with Gasteiger partial charge in [-0.05, 0) is 25.0 Å². The number of nitrogens with zero attached hydrogens (tertiary/aromatic N) is 5. The molecule has 0 atom stereocenters. The molecule has 3 rings (SSSR count). The molecule has 0 saturated heterocycles. The topological polar surface area (TPSA) is 80.5 Å². The van der Waals surface area contributed by atoms with Gasteiger partial charge in [0.1, 0.15) is 18.0 Å². The number of rotatable bonds is 6. The van der Waals surface area contributed by atoms with E-state index < -0.39 is 0 Å². The Hall–Kier alpha value is -2.70. The van der Waals surface area contributed by atoms with Gasteiger partial charge in [-0.1, -0.05) is 6.07 Å². The molecule has 0 spiro atoms. The first kappa shape index (κ1) is 14.2. The molecule has 0 fully saturated rings. The Morgan fingerprint density at radius 3 is 2.73 bits per heavy atom. The highest BCUT2D eigenvalue weighted by molar-refractivity contribution is 5.85. The van der Waals surface area contributed by atoms with Crippen molar-refractivity contribution in [1.82, 2.24) is 24.7 Å². The molecular formula is C15H19N7. The number of fused-ring (bicyclic) bond motifs is 1. The largest absolute Gasteiger partial charge is 0.370 e. The molecular weight excluding hydrogens is 278 g/mol. The Kier molecular flexibility index (Phi) is 4.13. The Labute approximate surface area is 128 Å². The molecule has 3 heterocycles. The quantitative estimate of drug-likeness (QED) is 0.677. The van der Waals surface area contributed by atoms with Crippen molar-refractivity contribution in [3.63, 3.8) is 0 Å². The number of hydrogen-bond acceptors (Lipinski definition) is 6. The second-order valence-corrected chi connectivity index (χ2v) is 5.16. The van der Waals surface area contributed by atoms with Crippen LogP contribution in [-0.4, -0.2) is 37.8 Å². The summed E-state index contributed by atoms with van der Waals surface area (Å²) in [5.74, 6) is 1.73. The molecule has 7 heteroatoms. The van der Waals surface area contributed by atoms with E-state index >= 15 is 0 Å². The average molecular weight is 297 g/mol. The second-order valence-electron chi connectivity index (χ2n) is 5.16. The van der Waals surface area contributed by atoms with E-state index in [0.717, 1.165) is 47.7 Å². The highest BCUT2D eigenvalue weighted by Crippen LogP contribution is 2.17. The van der Waals surface area contributed by atoms with E-state index in [9.17, 15) is 0 Å². The van der Waals surface area contributed by atoms with Crippen LogP contribution in [0, 0.1) is 6.92 Å². The first-order valence-electron chi connectivity index (χ1n) is 7.27. The van der Waals surface area contributed by atoms with Gasteiger partial charge in [0.15, 0.2) is 5.65 Å². The van der Waals surface area contributed by atoms with Crippen molar-refractivity contribution in [2.45, 2.75) is 13.3 Å². The summed E-state index contributed by atoms with van der Waals surface area (Å²) in [6.07, 6.45) is 6.16. The van der Waals surface area contributed by atoms with Gasteiger partial charge in [-0.25, -0.2) is 15.0 Å². The summed E-state index contributed by atoms with van der Waals surface area (Å²) >= 11 is 0. The van der Waals surface area contributed by atoms with Gasteiger partial charge in [0.05, 0.1) is 11.6 Å². The highest BCUT2D eigenvalue weighted by atomic mass is 15.3. The van der Waals surface area contributed by atoms with Gasteiger partial charge in [-0.15, -0.1) is 0 Å². The minimum absolute atomic E-state index is 0.819. The van der Waals surface area contributed by atoms with Crippen molar-refractivity contribution in [3.05, 3.63) is 36.4 Å². The van der Waals surface area contributed by atoms with Crippen LogP contribution in [0.4, 0.5) is 11.6 Å². The Bertz CT molecular complexity index is 748. The summed E-state index contributed by atoms with van der Waals surface area (Å²) in [6, 6.07) is 4.04. The highest BCUT2D eigenvalue weighted by Gasteiger charge is 2.06. The van der Waals surface area contributed by atoms with E-state index in [-0.39, 0.29) is 0 Å². The first-order valence-corrected chi connectivity index (χ1v) is 7.27. The fourth-order valence-electron chi connectivity index (χ4n) is 2.19. The van der Waals surface area contributed by atoms with Crippen molar-refractivity contribution in [3.8, 4) is 0 Å². The van der Waals surface area contributed by atoms with E-state index in [4.69, 9.17) is 0 Å². The summed E-state index contributed by atoms with van der Waals surface area (Å²) in [7, 11) is 1.87. The third-order valence-corrected chi connectivity index (χ3v) is 3.39. The molecule has 0 aliphatic rings. The number of hydrogen-bond donors (Lipinski definition) is 2. The van der Waals surface area contributed by atoms with E-state index in [0.29, 0.717) is 0 Å². The molecule has 0 aromatic carbocycles. The third-order valence-electron chi connectivity index (χ3n) is 3.39. The smallest absolute Gasteiger partial charge is 0.163 e. The number of anilines is 2. The number of aryl methyl sites for hydroxylation is 2. The minimum Gasteiger partial charge on any atom is -0.370 e. The third kappa shape index (κ3) is 3.13. The van der Waals surface area contributed by atoms with Gasteiger partial charge in [0, 0.05) is 26.3 Å². The van der Waals surface area contributed by atoms with Crippen LogP contribution in [0.2, 0.25) is 0 Å². The van der Waals surface area contributed by atoms with E-state index in [1.54, 1.807) is 17.2 Å². The molecule has 0 amide bonds. The maximum absolute atomic E-state index is 4.31. The molecule has 0 saturated carbocycles. The molecule has 0 radical (unpaired) electrons. The van der Waals surface area contributed by atoms with Crippen molar-refractivity contribution >= 4 is 22.7 Å². The van der Waals surface area contributed by atoms with Crippen LogP contribution in [0.25, 0.3) is 11.0 Å². The Morgan fingerprint density at radius 1 is 1.05 bits per heavy atom. The van der Waals surface area contributed by atoms with Crippen LogP contribution in [0.15, 0.2) is 30.9 Å². The predicted octanol–water partition coefficient (Wildman–Crippen LogP) is 1.98. The number of nitrogens with one attached hydrogen (secondary N) is 2. The average Bonchev–Trinajstić information content (AvgIpc) is 2.91. The van der Waals surface area contributed by atoms with Gasteiger partial charge in [-0.2, -0.15) is 5.10 Å². The molecule has 0 unspecified atom stereocenters. The minimum atomic E-state index is 0.819. The van der Waals surface area contributed by atoms with Crippen molar-refractivity contribution in [1.29, 1.82) is 0 Å². The van der Waals surface area contributed by atoms with Crippen LogP contribution in [0.5, 0.6) is 0 Å². The van der Waals surface area contributed by atoms with E-state index in [1.807, 2.05) is 32.3 Å². The first-order chi connectivity index (χ1) is 10.7. The van der Waals surface area contributed by atoms with Gasteiger partial charge < -0.3 is 10.6 Å². The standard InChI is InChI=1S/C15H19N7/c1-11-4-5-13(18-8-11)16-6-3-7-17-14-12-9-21-22(2)15(12)20-10-19-14/h4-5,8-10H,3,6-7H2,1-2H3,(H,16,18)(H,17,19,20). The Morgan fingerprint density at radius 2 is 1.91 bits per heavy atom. The van der Waals surface area contributed by atoms with Gasteiger partial charge in [-0.3, -0.25) is 4.68 Å². The van der Waals surface area contributed by atoms with Gasteiger partial charge >= 0.3 is 0 Å². The van der Waals surface area contributed by atoms with Crippen molar-refractivity contribution < 1.29 is 0 Å². The molecule has 0 aliphatic heterocycles. The normalized spacial score (nSPS) is 10.8. The monoisotopic (exact) mass is 297 g/mol. The predicted molar refractivity (Wildman–Crippen MR) is 86.9 cm³/mol. The zero-order valence-electron chi connectivity index (χ0n) is 12.7. The summed E-state index contributed by atoms with van der Waals surface area (Å²) in [6.45, 7) is 3.70. The lowest BCUT2D eigenvalue weighted by Crippen LogP contribution is -2.10. The lowest BCUT2D eigenvalue weighted by atomic mass is 10.3. The molecule has 3 aromatic heterocycles. The van der Waals surface area contributed by atoms with Gasteiger partial charge in [0.2, 0.25) is 0 Å². The van der Waals surface area contributed by atoms with Crippen LogP contribution in [0.1, 0.15) is 12.0 Å². The Balaban J connectivity index is 1.49. The van der Waals surface area contributed by atoms with Crippen molar-refractivity contribution in [2.75, 3.05) is 23.7 Å².